The lowest BCUT2D eigenvalue weighted by Crippen LogP contribution is -2.30. The van der Waals surface area contributed by atoms with Crippen LogP contribution in [0.3, 0.4) is 0 Å². The third-order valence-electron chi connectivity index (χ3n) is 3.89. The van der Waals surface area contributed by atoms with Crippen LogP contribution in [0.1, 0.15) is 41.0 Å². The Balaban J connectivity index is 2.13. The Labute approximate surface area is 175 Å². The molecule has 0 aromatic heterocycles. The maximum Gasteiger partial charge on any atom is 0.255 e. The molecule has 0 spiro atoms. The molecule has 0 aliphatic rings. The SMILES string of the molecule is CC(C)NS(=O)(=O)c1ccc(C(=O)Nc2ccccc2C(=O)NCCC(N)=O)cc1. The van der Waals surface area contributed by atoms with E-state index in [1.165, 1.54) is 30.3 Å². The van der Waals surface area contributed by atoms with E-state index in [1.54, 1.807) is 32.0 Å². The van der Waals surface area contributed by atoms with Crippen molar-refractivity contribution in [3.63, 3.8) is 0 Å². The molecule has 5 N–H and O–H groups in total. The fourth-order valence-electron chi connectivity index (χ4n) is 2.54. The molecule has 3 amide bonds. The standard InChI is InChI=1S/C20H24N4O5S/c1-13(2)24-30(28,29)15-9-7-14(8-10-15)19(26)23-17-6-4-3-5-16(17)20(27)22-12-11-18(21)25/h3-10,13,24H,11-12H2,1-2H3,(H2,21,25)(H,22,27)(H,23,26). The van der Waals surface area contributed by atoms with Crippen molar-refractivity contribution in [3.05, 3.63) is 59.7 Å². The van der Waals surface area contributed by atoms with Gasteiger partial charge in [0.1, 0.15) is 0 Å². The number of rotatable bonds is 9. The van der Waals surface area contributed by atoms with E-state index in [4.69, 9.17) is 5.73 Å². The molecule has 10 heteroatoms. The van der Waals surface area contributed by atoms with Crippen molar-refractivity contribution >= 4 is 33.4 Å². The Hall–Kier alpha value is -3.24. The van der Waals surface area contributed by atoms with Gasteiger partial charge in [0.05, 0.1) is 16.1 Å². The summed E-state index contributed by atoms with van der Waals surface area (Å²) >= 11 is 0. The Kier molecular flexibility index (Phi) is 7.67. The minimum atomic E-state index is -3.66. The summed E-state index contributed by atoms with van der Waals surface area (Å²) in [6.45, 7) is 3.50. The van der Waals surface area contributed by atoms with Gasteiger partial charge in [-0.25, -0.2) is 13.1 Å². The number of sulfonamides is 1. The second-order valence-corrected chi connectivity index (χ2v) is 8.49. The van der Waals surface area contributed by atoms with Crippen LogP contribution in [0.2, 0.25) is 0 Å². The summed E-state index contributed by atoms with van der Waals surface area (Å²) in [6.07, 6.45) is 0.00118. The molecule has 0 radical (unpaired) electrons. The summed E-state index contributed by atoms with van der Waals surface area (Å²) in [4.78, 5) is 35.7. The number of primary amides is 1. The van der Waals surface area contributed by atoms with E-state index >= 15 is 0 Å². The molecule has 0 aliphatic heterocycles. The van der Waals surface area contributed by atoms with Gasteiger partial charge in [0.2, 0.25) is 15.9 Å². The van der Waals surface area contributed by atoms with Gasteiger partial charge in [-0.1, -0.05) is 12.1 Å². The predicted molar refractivity (Wildman–Crippen MR) is 112 cm³/mol. The Morgan fingerprint density at radius 2 is 1.60 bits per heavy atom. The van der Waals surface area contributed by atoms with Crippen molar-refractivity contribution < 1.29 is 22.8 Å². The molecular formula is C20H24N4O5S. The van der Waals surface area contributed by atoms with E-state index < -0.39 is 27.7 Å². The highest BCUT2D eigenvalue weighted by Gasteiger charge is 2.17. The number of anilines is 1. The van der Waals surface area contributed by atoms with Crippen molar-refractivity contribution in [2.75, 3.05) is 11.9 Å². The monoisotopic (exact) mass is 432 g/mol. The van der Waals surface area contributed by atoms with Gasteiger partial charge in [-0.3, -0.25) is 14.4 Å². The smallest absolute Gasteiger partial charge is 0.255 e. The highest BCUT2D eigenvalue weighted by molar-refractivity contribution is 7.89. The van der Waals surface area contributed by atoms with Crippen LogP contribution < -0.4 is 21.1 Å². The zero-order chi connectivity index (χ0) is 22.3. The van der Waals surface area contributed by atoms with Gasteiger partial charge in [0.15, 0.2) is 0 Å². The summed E-state index contributed by atoms with van der Waals surface area (Å²) in [5, 5.41) is 5.20. The first-order valence-electron chi connectivity index (χ1n) is 9.19. The summed E-state index contributed by atoms with van der Waals surface area (Å²) in [5.41, 5.74) is 5.77. The largest absolute Gasteiger partial charge is 0.370 e. The maximum atomic E-state index is 12.6. The zero-order valence-electron chi connectivity index (χ0n) is 16.6. The number of para-hydroxylation sites is 1. The molecule has 2 aromatic carbocycles. The second-order valence-electron chi connectivity index (χ2n) is 6.77. The van der Waals surface area contributed by atoms with E-state index in [-0.39, 0.29) is 40.7 Å². The Morgan fingerprint density at radius 3 is 2.20 bits per heavy atom. The predicted octanol–water partition coefficient (Wildman–Crippen LogP) is 1.23. The number of benzene rings is 2. The fourth-order valence-corrected chi connectivity index (χ4v) is 3.79. The van der Waals surface area contributed by atoms with E-state index in [0.29, 0.717) is 0 Å². The Bertz CT molecular complexity index is 1030. The van der Waals surface area contributed by atoms with E-state index in [0.717, 1.165) is 0 Å². The molecular weight excluding hydrogens is 408 g/mol. The van der Waals surface area contributed by atoms with Crippen LogP contribution in [0.25, 0.3) is 0 Å². The van der Waals surface area contributed by atoms with Gasteiger partial charge < -0.3 is 16.4 Å². The van der Waals surface area contributed by atoms with Crippen LogP contribution in [-0.2, 0) is 14.8 Å². The minimum absolute atomic E-state index is 0.00118. The van der Waals surface area contributed by atoms with Gasteiger partial charge in [-0.15, -0.1) is 0 Å². The highest BCUT2D eigenvalue weighted by atomic mass is 32.2. The third kappa shape index (κ3) is 6.39. The van der Waals surface area contributed by atoms with Crippen molar-refractivity contribution in [3.8, 4) is 0 Å². The molecule has 2 aromatic rings. The average molecular weight is 433 g/mol. The van der Waals surface area contributed by atoms with Gasteiger partial charge >= 0.3 is 0 Å². The van der Waals surface area contributed by atoms with Crippen molar-refractivity contribution in [2.45, 2.75) is 31.2 Å². The lowest BCUT2D eigenvalue weighted by atomic mass is 10.1. The van der Waals surface area contributed by atoms with Crippen LogP contribution in [0.5, 0.6) is 0 Å². The fraction of sp³-hybridized carbons (Fsp3) is 0.250. The van der Waals surface area contributed by atoms with E-state index in [1.807, 2.05) is 0 Å². The van der Waals surface area contributed by atoms with Crippen molar-refractivity contribution in [2.24, 2.45) is 5.73 Å². The molecule has 0 unspecified atom stereocenters. The number of hydrogen-bond acceptors (Lipinski definition) is 5. The molecule has 0 atom stereocenters. The van der Waals surface area contributed by atoms with Crippen LogP contribution >= 0.6 is 0 Å². The molecule has 2 rings (SSSR count). The van der Waals surface area contributed by atoms with Gasteiger partial charge in [0.25, 0.3) is 11.8 Å². The second kappa shape index (κ2) is 9.99. The molecule has 0 heterocycles. The number of carbonyl (C=O) groups is 3. The van der Waals surface area contributed by atoms with Gasteiger partial charge in [-0.2, -0.15) is 0 Å². The summed E-state index contributed by atoms with van der Waals surface area (Å²) in [6, 6.07) is 11.6. The zero-order valence-corrected chi connectivity index (χ0v) is 17.5. The molecule has 9 nitrogen and oxygen atoms in total. The summed E-state index contributed by atoms with van der Waals surface area (Å²) in [7, 11) is -3.66. The summed E-state index contributed by atoms with van der Waals surface area (Å²) in [5.74, 6) is -1.51. The van der Waals surface area contributed by atoms with Crippen LogP contribution in [0.15, 0.2) is 53.4 Å². The quantitative estimate of drug-likeness (QED) is 0.470. The van der Waals surface area contributed by atoms with Crippen LogP contribution in [-0.4, -0.2) is 38.7 Å². The topological polar surface area (TPSA) is 147 Å². The number of carbonyl (C=O) groups excluding carboxylic acids is 3. The molecule has 0 fully saturated rings. The van der Waals surface area contributed by atoms with Crippen molar-refractivity contribution in [1.82, 2.24) is 10.0 Å². The molecule has 0 saturated heterocycles. The summed E-state index contributed by atoms with van der Waals surface area (Å²) < 4.78 is 26.8. The number of amides is 3. The molecule has 0 saturated carbocycles. The lowest BCUT2D eigenvalue weighted by Gasteiger charge is -2.12. The first-order valence-corrected chi connectivity index (χ1v) is 10.7. The lowest BCUT2D eigenvalue weighted by molar-refractivity contribution is -0.117. The third-order valence-corrected chi connectivity index (χ3v) is 5.57. The van der Waals surface area contributed by atoms with Gasteiger partial charge in [-0.05, 0) is 50.2 Å². The van der Waals surface area contributed by atoms with Crippen LogP contribution in [0.4, 0.5) is 5.69 Å². The first-order chi connectivity index (χ1) is 14.1. The van der Waals surface area contributed by atoms with Crippen molar-refractivity contribution in [1.29, 1.82) is 0 Å². The van der Waals surface area contributed by atoms with Gasteiger partial charge in [0, 0.05) is 24.6 Å². The molecule has 0 aliphatic carbocycles. The van der Waals surface area contributed by atoms with E-state index in [2.05, 4.69) is 15.4 Å². The normalized spacial score (nSPS) is 11.2. The Morgan fingerprint density at radius 1 is 0.967 bits per heavy atom. The molecule has 160 valence electrons. The number of nitrogens with two attached hydrogens (primary N) is 1. The molecule has 0 bridgehead atoms. The number of nitrogens with one attached hydrogen (secondary N) is 3. The first kappa shape index (κ1) is 23.0. The van der Waals surface area contributed by atoms with Crippen LogP contribution in [0, 0.1) is 0 Å². The highest BCUT2D eigenvalue weighted by Crippen LogP contribution is 2.17. The molecule has 30 heavy (non-hydrogen) atoms. The maximum absolute atomic E-state index is 12.6. The average Bonchev–Trinajstić information content (AvgIpc) is 2.67. The van der Waals surface area contributed by atoms with E-state index in [9.17, 15) is 22.8 Å². The number of hydrogen-bond donors (Lipinski definition) is 4. The minimum Gasteiger partial charge on any atom is -0.370 e.